The second kappa shape index (κ2) is 12.7. The summed E-state index contributed by atoms with van der Waals surface area (Å²) in [7, 11) is 0. The third-order valence-corrected chi connectivity index (χ3v) is 11.6. The molecule has 0 aliphatic carbocycles. The van der Waals surface area contributed by atoms with E-state index in [4.69, 9.17) is 8.83 Å². The van der Waals surface area contributed by atoms with Crippen molar-refractivity contribution >= 4 is 82.5 Å². The molecule has 0 N–H and O–H groups in total. The van der Waals surface area contributed by atoms with Crippen LogP contribution in [-0.2, 0) is 5.41 Å². The van der Waals surface area contributed by atoms with Gasteiger partial charge >= 0.3 is 0 Å². The minimum atomic E-state index is 0.0715. The number of fused-ring (bicyclic) bond motifs is 9. The van der Waals surface area contributed by atoms with Crippen LogP contribution in [0.4, 0.5) is 17.1 Å². The summed E-state index contributed by atoms with van der Waals surface area (Å²) in [6.45, 7) is 6.76. The van der Waals surface area contributed by atoms with Crippen molar-refractivity contribution < 1.29 is 8.83 Å². The van der Waals surface area contributed by atoms with Crippen molar-refractivity contribution in [1.29, 1.82) is 0 Å². The summed E-state index contributed by atoms with van der Waals surface area (Å²) < 4.78 is 13.9. The predicted octanol–water partition coefficient (Wildman–Crippen LogP) is 15.9. The summed E-state index contributed by atoms with van der Waals surface area (Å²) in [6.07, 6.45) is 0. The Hall–Kier alpha value is -7.10. The third kappa shape index (κ3) is 5.34. The largest absolute Gasteiger partial charge is 0.455 e. The molecule has 2 heterocycles. The summed E-state index contributed by atoms with van der Waals surface area (Å²) in [5.41, 5.74) is 12.4. The van der Waals surface area contributed by atoms with Gasteiger partial charge in [-0.05, 0) is 63.2 Å². The van der Waals surface area contributed by atoms with Crippen LogP contribution < -0.4 is 4.90 Å². The number of para-hydroxylation sites is 3. The molecule has 0 spiro atoms. The van der Waals surface area contributed by atoms with Gasteiger partial charge in [-0.1, -0.05) is 172 Å². The van der Waals surface area contributed by atoms with Gasteiger partial charge in [-0.15, -0.1) is 0 Å². The molecule has 0 atom stereocenters. The maximum Gasteiger partial charge on any atom is 0.159 e. The number of hydrogen-bond donors (Lipinski definition) is 0. The minimum Gasteiger partial charge on any atom is -0.455 e. The maximum atomic E-state index is 7.18. The lowest BCUT2D eigenvalue weighted by molar-refractivity contribution is 0.590. The van der Waals surface area contributed by atoms with E-state index in [9.17, 15) is 0 Å². The van der Waals surface area contributed by atoms with Crippen molar-refractivity contribution in [2.24, 2.45) is 0 Å². The second-order valence-electron chi connectivity index (χ2n) is 16.1. The molecule has 0 amide bonds. The summed E-state index contributed by atoms with van der Waals surface area (Å²) in [6, 6.07) is 65.2. The van der Waals surface area contributed by atoms with Crippen molar-refractivity contribution in [3.63, 3.8) is 0 Å². The SMILES string of the molecule is CC(C)(C)c1ccc(-c2cccc3c2oc2c(N(c4ccccc4-c4ccccc4)c4cc5c6cc7ccccc7cc6oc5c5ccccc45)cccc23)cc1. The van der Waals surface area contributed by atoms with Crippen LogP contribution in [0.2, 0.25) is 0 Å². The number of benzene rings is 9. The highest BCUT2D eigenvalue weighted by molar-refractivity contribution is 6.22. The standard InChI is InChI=1S/C54H39NO2/c1-54(2,3)38-29-27-35(28-30-38)40-22-13-23-43-44-24-14-26-48(53(44)57-51(40)43)55(47-25-12-11-19-39(47)34-15-5-4-6-16-34)49-33-46-45-31-36-17-7-8-18-37(36)32-50(45)56-52(46)42-21-10-9-20-41(42)49/h4-33H,1-3H3. The molecule has 11 aromatic rings. The predicted molar refractivity (Wildman–Crippen MR) is 240 cm³/mol. The first-order valence-corrected chi connectivity index (χ1v) is 19.7. The quantitative estimate of drug-likeness (QED) is 0.176. The van der Waals surface area contributed by atoms with E-state index < -0.39 is 0 Å². The van der Waals surface area contributed by atoms with Crippen molar-refractivity contribution in [2.75, 3.05) is 4.90 Å². The molecule has 3 nitrogen and oxygen atoms in total. The van der Waals surface area contributed by atoms with E-state index in [0.29, 0.717) is 0 Å². The minimum absolute atomic E-state index is 0.0715. The number of rotatable bonds is 5. The summed E-state index contributed by atoms with van der Waals surface area (Å²) in [4.78, 5) is 2.41. The molecular formula is C54H39NO2. The Labute approximate surface area is 331 Å². The fourth-order valence-electron chi connectivity index (χ4n) is 8.73. The summed E-state index contributed by atoms with van der Waals surface area (Å²) in [5.74, 6) is 0. The van der Waals surface area contributed by atoms with Gasteiger partial charge in [0, 0.05) is 43.4 Å². The highest BCUT2D eigenvalue weighted by Gasteiger charge is 2.26. The van der Waals surface area contributed by atoms with E-state index in [1.807, 2.05) is 0 Å². The topological polar surface area (TPSA) is 29.5 Å². The highest BCUT2D eigenvalue weighted by Crippen LogP contribution is 2.50. The number of hydrogen-bond acceptors (Lipinski definition) is 3. The van der Waals surface area contributed by atoms with Gasteiger partial charge in [0.15, 0.2) is 5.58 Å². The Bertz CT molecular complexity index is 3330. The lowest BCUT2D eigenvalue weighted by Crippen LogP contribution is -2.12. The van der Waals surface area contributed by atoms with E-state index in [2.05, 4.69) is 208 Å². The Balaban J connectivity index is 1.22. The van der Waals surface area contributed by atoms with Crippen molar-refractivity contribution in [3.05, 3.63) is 188 Å². The zero-order valence-electron chi connectivity index (χ0n) is 32.1. The molecular weight excluding hydrogens is 695 g/mol. The van der Waals surface area contributed by atoms with Crippen LogP contribution in [0, 0.1) is 0 Å². The number of furan rings is 2. The van der Waals surface area contributed by atoms with Gasteiger partial charge in [-0.25, -0.2) is 0 Å². The molecule has 2 aromatic heterocycles. The van der Waals surface area contributed by atoms with Crippen LogP contribution in [0.1, 0.15) is 26.3 Å². The van der Waals surface area contributed by atoms with Crippen LogP contribution in [0.25, 0.3) is 87.7 Å². The van der Waals surface area contributed by atoms with Gasteiger partial charge < -0.3 is 13.7 Å². The Morgan fingerprint density at radius 3 is 1.74 bits per heavy atom. The van der Waals surface area contributed by atoms with E-state index in [0.717, 1.165) is 99.4 Å². The molecule has 0 bridgehead atoms. The molecule has 0 radical (unpaired) electrons. The molecule has 9 aromatic carbocycles. The Kier molecular flexibility index (Phi) is 7.42. The van der Waals surface area contributed by atoms with Crippen LogP contribution in [0.15, 0.2) is 191 Å². The van der Waals surface area contributed by atoms with Crippen LogP contribution in [0.5, 0.6) is 0 Å². The fourth-order valence-corrected chi connectivity index (χ4v) is 8.73. The van der Waals surface area contributed by atoms with Crippen molar-refractivity contribution in [1.82, 2.24) is 0 Å². The van der Waals surface area contributed by atoms with E-state index in [1.165, 1.54) is 10.9 Å². The Morgan fingerprint density at radius 2 is 0.947 bits per heavy atom. The molecule has 0 unspecified atom stereocenters. The van der Waals surface area contributed by atoms with E-state index in [1.54, 1.807) is 0 Å². The molecule has 0 saturated carbocycles. The lowest BCUT2D eigenvalue weighted by Gasteiger charge is -2.29. The third-order valence-electron chi connectivity index (χ3n) is 11.6. The number of anilines is 3. The molecule has 57 heavy (non-hydrogen) atoms. The fraction of sp³-hybridized carbons (Fsp3) is 0.0741. The molecule has 0 aliphatic rings. The molecule has 0 saturated heterocycles. The van der Waals surface area contributed by atoms with Gasteiger partial charge in [0.05, 0.1) is 17.1 Å². The average molecular weight is 734 g/mol. The molecule has 3 heteroatoms. The summed E-state index contributed by atoms with van der Waals surface area (Å²) in [5, 5.41) is 8.82. The first kappa shape index (κ1) is 33.3. The zero-order chi connectivity index (χ0) is 38.3. The smallest absolute Gasteiger partial charge is 0.159 e. The lowest BCUT2D eigenvalue weighted by atomic mass is 9.86. The average Bonchev–Trinajstić information content (AvgIpc) is 3.82. The molecule has 11 rings (SSSR count). The van der Waals surface area contributed by atoms with Gasteiger partial charge in [-0.2, -0.15) is 0 Å². The van der Waals surface area contributed by atoms with Crippen LogP contribution in [-0.4, -0.2) is 0 Å². The highest BCUT2D eigenvalue weighted by atomic mass is 16.3. The monoisotopic (exact) mass is 733 g/mol. The Morgan fingerprint density at radius 1 is 0.368 bits per heavy atom. The zero-order valence-corrected chi connectivity index (χ0v) is 32.1. The van der Waals surface area contributed by atoms with Crippen LogP contribution >= 0.6 is 0 Å². The summed E-state index contributed by atoms with van der Waals surface area (Å²) >= 11 is 0. The van der Waals surface area contributed by atoms with Gasteiger partial charge in [0.1, 0.15) is 16.7 Å². The normalized spacial score (nSPS) is 12.1. The van der Waals surface area contributed by atoms with Crippen molar-refractivity contribution in [3.8, 4) is 22.3 Å². The molecule has 0 aliphatic heterocycles. The van der Waals surface area contributed by atoms with E-state index >= 15 is 0 Å². The van der Waals surface area contributed by atoms with Crippen LogP contribution in [0.3, 0.4) is 0 Å². The first-order valence-electron chi connectivity index (χ1n) is 19.7. The van der Waals surface area contributed by atoms with Gasteiger partial charge in [-0.3, -0.25) is 0 Å². The van der Waals surface area contributed by atoms with Crippen molar-refractivity contribution in [2.45, 2.75) is 26.2 Å². The van der Waals surface area contributed by atoms with E-state index in [-0.39, 0.29) is 5.41 Å². The van der Waals surface area contributed by atoms with Gasteiger partial charge in [0.25, 0.3) is 0 Å². The number of nitrogens with zero attached hydrogens (tertiary/aromatic N) is 1. The van der Waals surface area contributed by atoms with Gasteiger partial charge in [0.2, 0.25) is 0 Å². The second-order valence-corrected chi connectivity index (χ2v) is 16.1. The first-order chi connectivity index (χ1) is 27.9. The molecule has 272 valence electrons. The molecule has 0 fully saturated rings. The maximum absolute atomic E-state index is 7.18.